The fourth-order valence-electron chi connectivity index (χ4n) is 0.565. The van der Waals surface area contributed by atoms with Crippen molar-refractivity contribution < 1.29 is 8.01 Å². The van der Waals surface area contributed by atoms with Gasteiger partial charge in [-0.05, 0) is 5.56 Å². The van der Waals surface area contributed by atoms with Crippen LogP contribution in [-0.2, 0) is 0 Å². The lowest BCUT2D eigenvalue weighted by Gasteiger charge is -1.85. The summed E-state index contributed by atoms with van der Waals surface area (Å²) in [5.74, 6) is 0. The molecule has 0 heterocycles. The number of hydrogen-bond donors (Lipinski definition) is 1. The zero-order valence-electron chi connectivity index (χ0n) is 6.74. The highest BCUT2D eigenvalue weighted by Crippen LogP contribution is 1.92. The quantitative estimate of drug-likeness (QED) is 0.360. The van der Waals surface area contributed by atoms with Crippen LogP contribution in [0.5, 0.6) is 0 Å². The highest BCUT2D eigenvalue weighted by Gasteiger charge is 1.79. The van der Waals surface area contributed by atoms with Gasteiger partial charge >= 0.3 is 1.43 Å². The minimum Gasteiger partial charge on any atom is -0.411 e. The standard InChI is InChI=1S/C7H7NO/c9-8-6-7-4-2-1-3-5-7/h1-6,9H/b8-6+/i6D/hD. The van der Waals surface area contributed by atoms with Crippen LogP contribution in [0.25, 0.3) is 0 Å². The van der Waals surface area contributed by atoms with Crippen molar-refractivity contribution in [3.8, 4) is 0 Å². The van der Waals surface area contributed by atoms with E-state index in [4.69, 9.17) is 2.80 Å². The Labute approximate surface area is 56.3 Å². The molecule has 0 bridgehead atoms. The summed E-state index contributed by atoms with van der Waals surface area (Å²) in [6.45, 7) is 0. The molecule has 0 unspecified atom stereocenters. The molecule has 2 heteroatoms. The Hall–Kier alpha value is -1.31. The van der Waals surface area contributed by atoms with E-state index in [9.17, 15) is 0 Å². The van der Waals surface area contributed by atoms with Crippen molar-refractivity contribution in [3.05, 3.63) is 35.9 Å². The second kappa shape index (κ2) is 2.87. The van der Waals surface area contributed by atoms with Gasteiger partial charge in [0.1, 0.15) is 0 Å². The summed E-state index contributed by atoms with van der Waals surface area (Å²) in [5, 5.41) is 6.85. The Bertz CT molecular complexity index is 248. The molecule has 0 amide bonds. The monoisotopic (exact) mass is 123 g/mol. The molecule has 1 N–H and O–H groups in total. The van der Waals surface area contributed by atoms with Crippen molar-refractivity contribution in [2.75, 3.05) is 0 Å². The van der Waals surface area contributed by atoms with E-state index in [0.717, 1.165) is 0 Å². The van der Waals surface area contributed by atoms with Gasteiger partial charge in [-0.3, -0.25) is 0 Å². The van der Waals surface area contributed by atoms with Crippen LogP contribution < -0.4 is 0 Å². The molecule has 1 rings (SSSR count). The molecule has 1 aromatic carbocycles. The average Bonchev–Trinajstić information content (AvgIpc) is 2.07. The second-order valence-electron chi connectivity index (χ2n) is 1.57. The third-order valence-electron chi connectivity index (χ3n) is 0.949. The minimum absolute atomic E-state index is 0.0411. The molecule has 0 spiro atoms. The van der Waals surface area contributed by atoms with Gasteiger partial charge in [0.05, 0.1) is 7.56 Å². The fraction of sp³-hybridized carbons (Fsp3) is 0. The summed E-state index contributed by atoms with van der Waals surface area (Å²) in [4.78, 5) is 0. The van der Waals surface area contributed by atoms with E-state index in [0.29, 0.717) is 5.56 Å². The van der Waals surface area contributed by atoms with Gasteiger partial charge in [0, 0.05) is 0 Å². The van der Waals surface area contributed by atoms with E-state index in [2.05, 4.69) is 10.4 Å². The van der Waals surface area contributed by atoms with Crippen LogP contribution >= 0.6 is 0 Å². The van der Waals surface area contributed by atoms with E-state index in [1.807, 2.05) is 6.07 Å². The molecular formula is C7H7NO. The van der Waals surface area contributed by atoms with Gasteiger partial charge in [0.15, 0.2) is 0 Å². The molecule has 0 saturated carbocycles. The Morgan fingerprint density at radius 3 is 3.00 bits per heavy atom. The van der Waals surface area contributed by atoms with Crippen LogP contribution in [0.1, 0.15) is 6.93 Å². The SMILES string of the molecule is [2H]O/N=C(\[2H])c1ccccc1. The van der Waals surface area contributed by atoms with Crippen LogP contribution in [0.3, 0.4) is 0 Å². The third-order valence-corrected chi connectivity index (χ3v) is 0.949. The van der Waals surface area contributed by atoms with Crippen molar-refractivity contribution in [1.82, 2.24) is 0 Å². The minimum atomic E-state index is -0.0411. The molecule has 2 nitrogen and oxygen atoms in total. The van der Waals surface area contributed by atoms with Crippen LogP contribution in [-0.4, -0.2) is 11.4 Å². The Morgan fingerprint density at radius 2 is 2.33 bits per heavy atom. The Morgan fingerprint density at radius 1 is 1.56 bits per heavy atom. The molecule has 0 atom stereocenters. The zero-order valence-corrected chi connectivity index (χ0v) is 4.74. The predicted molar refractivity (Wildman–Crippen MR) is 35.8 cm³/mol. The summed E-state index contributed by atoms with van der Waals surface area (Å²) in [7, 11) is 0. The van der Waals surface area contributed by atoms with Crippen molar-refractivity contribution >= 4 is 6.19 Å². The Kier molecular flexibility index (Phi) is 1.17. The normalized spacial score (nSPS) is 14.0. The fourth-order valence-corrected chi connectivity index (χ4v) is 0.565. The van der Waals surface area contributed by atoms with Crippen LogP contribution in [0.15, 0.2) is 35.5 Å². The smallest absolute Gasteiger partial charge is 0.330 e. The molecule has 0 saturated heterocycles. The molecule has 1 aromatic rings. The van der Waals surface area contributed by atoms with Crippen molar-refractivity contribution in [3.63, 3.8) is 0 Å². The summed E-state index contributed by atoms with van der Waals surface area (Å²) in [6, 6.07) is 8.89. The van der Waals surface area contributed by atoms with E-state index in [1.54, 1.807) is 24.3 Å². The third kappa shape index (κ3) is 1.57. The van der Waals surface area contributed by atoms with Crippen LogP contribution in [0.4, 0.5) is 0 Å². The first kappa shape index (κ1) is 3.67. The molecule has 0 aromatic heterocycles. The lowest BCUT2D eigenvalue weighted by atomic mass is 10.2. The first-order chi connectivity index (χ1) is 5.34. The van der Waals surface area contributed by atoms with E-state index in [1.165, 1.54) is 0 Å². The maximum atomic E-state index is 7.22. The molecular weight excluding hydrogens is 114 g/mol. The Balaban J connectivity index is 2.85. The molecule has 46 valence electrons. The van der Waals surface area contributed by atoms with E-state index in [-0.39, 0.29) is 6.19 Å². The summed E-state index contributed by atoms with van der Waals surface area (Å²) >= 11 is 0. The van der Waals surface area contributed by atoms with Gasteiger partial charge < -0.3 is 5.21 Å². The summed E-state index contributed by atoms with van der Waals surface area (Å²) < 4.78 is 13.5. The maximum Gasteiger partial charge on any atom is 0.330 e. The zero-order chi connectivity index (χ0) is 8.10. The summed E-state index contributed by atoms with van der Waals surface area (Å²) in [6.07, 6.45) is -0.0411. The number of rotatable bonds is 2. The molecule has 0 aliphatic heterocycles. The van der Waals surface area contributed by atoms with Crippen LogP contribution in [0.2, 0.25) is 1.43 Å². The lowest BCUT2D eigenvalue weighted by molar-refractivity contribution is 0.322. The van der Waals surface area contributed by atoms with Gasteiger partial charge in [-0.15, -0.1) is 0 Å². The van der Waals surface area contributed by atoms with Gasteiger partial charge in [-0.25, -0.2) is 0 Å². The van der Waals surface area contributed by atoms with Gasteiger partial charge in [0.2, 0.25) is 0 Å². The van der Waals surface area contributed by atoms with Gasteiger partial charge in [-0.2, -0.15) is 0 Å². The highest BCUT2D eigenvalue weighted by molar-refractivity contribution is 5.78. The number of hydrogen-bond acceptors (Lipinski definition) is 2. The number of nitrogens with zero attached hydrogens (tertiary/aromatic N) is 1. The molecule has 0 fully saturated rings. The number of oxime groups is 1. The van der Waals surface area contributed by atoms with Crippen molar-refractivity contribution in [1.29, 1.82) is 0 Å². The van der Waals surface area contributed by atoms with Gasteiger partial charge in [-0.1, -0.05) is 35.5 Å². The van der Waals surface area contributed by atoms with E-state index < -0.39 is 0 Å². The molecule has 0 aliphatic carbocycles. The lowest BCUT2D eigenvalue weighted by Crippen LogP contribution is -1.76. The average molecular weight is 123 g/mol. The highest BCUT2D eigenvalue weighted by atomic mass is 16.4. The topological polar surface area (TPSA) is 32.6 Å². The first-order valence-corrected chi connectivity index (χ1v) is 2.57. The first-order valence-electron chi connectivity index (χ1n) is 3.48. The molecule has 9 heavy (non-hydrogen) atoms. The van der Waals surface area contributed by atoms with Gasteiger partial charge in [0.25, 0.3) is 0 Å². The number of benzene rings is 1. The van der Waals surface area contributed by atoms with Crippen molar-refractivity contribution in [2.24, 2.45) is 5.16 Å². The largest absolute Gasteiger partial charge is 0.411 e. The molecule has 0 aliphatic rings. The molecule has 0 radical (unpaired) electrons. The van der Waals surface area contributed by atoms with E-state index >= 15 is 0 Å². The second-order valence-corrected chi connectivity index (χ2v) is 1.57. The summed E-state index contributed by atoms with van der Waals surface area (Å²) in [5.41, 5.74) is 0.639. The predicted octanol–water partition coefficient (Wildman–Crippen LogP) is 1.49. The maximum absolute atomic E-state index is 7.22. The van der Waals surface area contributed by atoms with Crippen molar-refractivity contribution in [2.45, 2.75) is 0 Å². The van der Waals surface area contributed by atoms with Crippen LogP contribution in [0, 0.1) is 0 Å².